The zero-order valence-electron chi connectivity index (χ0n) is 20.5. The molecule has 37 heavy (non-hydrogen) atoms. The molecular weight excluding hydrogens is 464 g/mol. The van der Waals surface area contributed by atoms with Crippen molar-refractivity contribution in [3.05, 3.63) is 96.3 Å². The van der Waals surface area contributed by atoms with Crippen molar-refractivity contribution in [3.63, 3.8) is 0 Å². The van der Waals surface area contributed by atoms with E-state index in [0.29, 0.717) is 23.1 Å². The van der Waals surface area contributed by atoms with Gasteiger partial charge >= 0.3 is 5.97 Å². The van der Waals surface area contributed by atoms with Gasteiger partial charge in [-0.2, -0.15) is 0 Å². The third-order valence-corrected chi connectivity index (χ3v) is 7.10. The molecule has 0 atom stereocenters. The van der Waals surface area contributed by atoms with Crippen LogP contribution in [0.4, 0.5) is 0 Å². The van der Waals surface area contributed by atoms with E-state index in [1.807, 2.05) is 54.6 Å². The van der Waals surface area contributed by atoms with E-state index in [1.54, 1.807) is 12.1 Å². The van der Waals surface area contributed by atoms with E-state index in [9.17, 15) is 9.90 Å². The number of benzene rings is 3. The third-order valence-electron chi connectivity index (χ3n) is 7.10. The average molecular weight is 493 g/mol. The minimum absolute atomic E-state index is 0.234. The number of hydrogen-bond donors (Lipinski definition) is 1. The number of aromatic carboxylic acids is 1. The molecule has 0 unspecified atom stereocenters. The van der Waals surface area contributed by atoms with Crippen molar-refractivity contribution in [2.45, 2.75) is 44.8 Å². The van der Waals surface area contributed by atoms with E-state index in [-0.39, 0.29) is 12.2 Å². The fraction of sp³-hybridized carbons (Fsp3) is 0.226. The number of ether oxygens (including phenoxy) is 1. The van der Waals surface area contributed by atoms with Gasteiger partial charge in [0.1, 0.15) is 18.1 Å². The molecule has 1 N–H and O–H groups in total. The van der Waals surface area contributed by atoms with Crippen LogP contribution in [0.2, 0.25) is 0 Å². The molecule has 2 aromatic heterocycles. The molecule has 3 aromatic carbocycles. The van der Waals surface area contributed by atoms with Gasteiger partial charge < -0.3 is 18.8 Å². The van der Waals surface area contributed by atoms with Crippen LogP contribution in [-0.2, 0) is 6.61 Å². The number of imidazole rings is 1. The Hall–Kier alpha value is -4.32. The lowest BCUT2D eigenvalue weighted by molar-refractivity contribution is 0.0697. The fourth-order valence-corrected chi connectivity index (χ4v) is 5.29. The third kappa shape index (κ3) is 4.62. The Morgan fingerprint density at radius 2 is 1.73 bits per heavy atom. The van der Waals surface area contributed by atoms with E-state index < -0.39 is 5.97 Å². The zero-order valence-corrected chi connectivity index (χ0v) is 20.5. The standard InChI is InChI=1S/C31H28N2O4/c34-31(35)22-15-17-27-26(19-22)32-30(33(27)23-11-5-2-6-12-23)29-18-16-24(37-29)20-36-28-14-8-7-13-25(28)21-9-3-1-4-10-21/h1,3-4,7-10,13-19,23H,2,5-6,11-12,20H2,(H,34,35). The number of rotatable bonds is 7. The van der Waals surface area contributed by atoms with Gasteiger partial charge in [-0.05, 0) is 54.8 Å². The van der Waals surface area contributed by atoms with Crippen LogP contribution in [0.1, 0.15) is 54.3 Å². The van der Waals surface area contributed by atoms with Crippen molar-refractivity contribution in [2.75, 3.05) is 0 Å². The van der Waals surface area contributed by atoms with Crippen molar-refractivity contribution >= 4 is 17.0 Å². The van der Waals surface area contributed by atoms with Crippen LogP contribution in [0.5, 0.6) is 5.75 Å². The van der Waals surface area contributed by atoms with E-state index in [2.05, 4.69) is 22.8 Å². The summed E-state index contributed by atoms with van der Waals surface area (Å²) in [5, 5.41) is 9.47. The zero-order chi connectivity index (χ0) is 25.2. The average Bonchev–Trinajstić information content (AvgIpc) is 3.57. The predicted octanol–water partition coefficient (Wildman–Crippen LogP) is 7.75. The first-order valence-electron chi connectivity index (χ1n) is 12.8. The first-order chi connectivity index (χ1) is 18.2. The summed E-state index contributed by atoms with van der Waals surface area (Å²) in [5.74, 6) is 1.94. The minimum atomic E-state index is -0.955. The van der Waals surface area contributed by atoms with Gasteiger partial charge in [0.2, 0.25) is 0 Å². The number of carbonyl (C=O) groups is 1. The highest BCUT2D eigenvalue weighted by molar-refractivity contribution is 5.93. The summed E-state index contributed by atoms with van der Waals surface area (Å²) in [6.45, 7) is 0.288. The second-order valence-electron chi connectivity index (χ2n) is 9.52. The molecule has 2 heterocycles. The van der Waals surface area contributed by atoms with Crippen LogP contribution in [0.3, 0.4) is 0 Å². The molecule has 1 aliphatic carbocycles. The van der Waals surface area contributed by atoms with Gasteiger partial charge in [0, 0.05) is 11.6 Å². The molecule has 6 heteroatoms. The van der Waals surface area contributed by atoms with Crippen molar-refractivity contribution < 1.29 is 19.1 Å². The molecule has 0 bridgehead atoms. The van der Waals surface area contributed by atoms with Gasteiger partial charge in [-0.3, -0.25) is 0 Å². The molecule has 0 saturated heterocycles. The Labute approximate surface area is 215 Å². The molecule has 1 fully saturated rings. The van der Waals surface area contributed by atoms with Crippen molar-refractivity contribution in [1.29, 1.82) is 0 Å². The second kappa shape index (κ2) is 9.97. The van der Waals surface area contributed by atoms with Crippen LogP contribution in [0, 0.1) is 0 Å². The number of nitrogens with zero attached hydrogens (tertiary/aromatic N) is 2. The van der Waals surface area contributed by atoms with E-state index >= 15 is 0 Å². The summed E-state index contributed by atoms with van der Waals surface area (Å²) >= 11 is 0. The smallest absolute Gasteiger partial charge is 0.335 e. The number of hydrogen-bond acceptors (Lipinski definition) is 4. The molecule has 6 rings (SSSR count). The first kappa shape index (κ1) is 23.1. The van der Waals surface area contributed by atoms with Crippen LogP contribution in [0.25, 0.3) is 33.7 Å². The van der Waals surface area contributed by atoms with Crippen LogP contribution >= 0.6 is 0 Å². The van der Waals surface area contributed by atoms with Gasteiger partial charge in [0.05, 0.1) is 16.6 Å². The summed E-state index contributed by atoms with van der Waals surface area (Å²) in [6.07, 6.45) is 5.75. The minimum Gasteiger partial charge on any atom is -0.485 e. The van der Waals surface area contributed by atoms with Crippen molar-refractivity contribution in [1.82, 2.24) is 9.55 Å². The number of carboxylic acids is 1. The summed E-state index contributed by atoms with van der Waals surface area (Å²) in [7, 11) is 0. The number of furan rings is 1. The van der Waals surface area contributed by atoms with Gasteiger partial charge in [-0.25, -0.2) is 9.78 Å². The van der Waals surface area contributed by atoms with Crippen molar-refractivity contribution in [2.24, 2.45) is 0 Å². The molecular formula is C31H28N2O4. The molecule has 6 nitrogen and oxygen atoms in total. The number of para-hydroxylation sites is 1. The molecule has 0 aliphatic heterocycles. The second-order valence-corrected chi connectivity index (χ2v) is 9.52. The maximum Gasteiger partial charge on any atom is 0.335 e. The summed E-state index contributed by atoms with van der Waals surface area (Å²) in [5.41, 5.74) is 3.98. The number of aromatic nitrogens is 2. The lowest BCUT2D eigenvalue weighted by atomic mass is 9.95. The molecule has 0 radical (unpaired) electrons. The maximum atomic E-state index is 11.5. The van der Waals surface area contributed by atoms with Gasteiger partial charge in [0.15, 0.2) is 11.6 Å². The normalized spacial score (nSPS) is 14.2. The Balaban J connectivity index is 1.31. The molecule has 186 valence electrons. The largest absolute Gasteiger partial charge is 0.485 e. The quantitative estimate of drug-likeness (QED) is 0.251. The van der Waals surface area contributed by atoms with Gasteiger partial charge in [-0.15, -0.1) is 0 Å². The number of carboxylic acid groups (broad SMARTS) is 1. The van der Waals surface area contributed by atoms with Crippen molar-refractivity contribution in [3.8, 4) is 28.5 Å². The highest BCUT2D eigenvalue weighted by atomic mass is 16.5. The highest BCUT2D eigenvalue weighted by Gasteiger charge is 2.24. The fourth-order valence-electron chi connectivity index (χ4n) is 5.29. The SMILES string of the molecule is O=C(O)c1ccc2c(c1)nc(-c1ccc(COc3ccccc3-c3ccccc3)o1)n2C1CCCCC1. The summed E-state index contributed by atoms with van der Waals surface area (Å²) in [6, 6.07) is 27.5. The Morgan fingerprint density at radius 1 is 0.946 bits per heavy atom. The first-order valence-corrected chi connectivity index (χ1v) is 12.8. The molecule has 1 saturated carbocycles. The Kier molecular flexibility index (Phi) is 6.23. The highest BCUT2D eigenvalue weighted by Crippen LogP contribution is 2.37. The molecule has 0 amide bonds. The summed E-state index contributed by atoms with van der Waals surface area (Å²) in [4.78, 5) is 16.4. The Bertz CT molecular complexity index is 1540. The molecule has 0 spiro atoms. The number of fused-ring (bicyclic) bond motifs is 1. The lowest BCUT2D eigenvalue weighted by Crippen LogP contribution is -2.13. The molecule has 1 aliphatic rings. The van der Waals surface area contributed by atoms with E-state index in [1.165, 1.54) is 19.3 Å². The predicted molar refractivity (Wildman–Crippen MR) is 143 cm³/mol. The van der Waals surface area contributed by atoms with Gasteiger partial charge in [0.25, 0.3) is 0 Å². The topological polar surface area (TPSA) is 77.5 Å². The van der Waals surface area contributed by atoms with Crippen LogP contribution in [0.15, 0.2) is 89.3 Å². The Morgan fingerprint density at radius 3 is 2.54 bits per heavy atom. The van der Waals surface area contributed by atoms with E-state index in [4.69, 9.17) is 14.1 Å². The van der Waals surface area contributed by atoms with Crippen LogP contribution in [-0.4, -0.2) is 20.6 Å². The maximum absolute atomic E-state index is 11.5. The molecule has 5 aromatic rings. The van der Waals surface area contributed by atoms with E-state index in [0.717, 1.165) is 41.1 Å². The monoisotopic (exact) mass is 492 g/mol. The van der Waals surface area contributed by atoms with Gasteiger partial charge in [-0.1, -0.05) is 67.8 Å². The summed E-state index contributed by atoms with van der Waals surface area (Å²) < 4.78 is 14.7. The lowest BCUT2D eigenvalue weighted by Gasteiger charge is -2.25. The van der Waals surface area contributed by atoms with Crippen LogP contribution < -0.4 is 4.74 Å².